The van der Waals surface area contributed by atoms with Crippen LogP contribution in [0, 0.1) is 5.39 Å². The average Bonchev–Trinajstić information content (AvgIpc) is 2.63. The minimum Gasteiger partial charge on any atom is -0.475 e. The van der Waals surface area contributed by atoms with Crippen LogP contribution in [0.25, 0.3) is 4.98 Å². The predicted molar refractivity (Wildman–Crippen MR) is 91.6 cm³/mol. The molecule has 0 bridgehead atoms. The Morgan fingerprint density at radius 1 is 0.920 bits per heavy atom. The van der Waals surface area contributed by atoms with Crippen molar-refractivity contribution in [1.82, 2.24) is 0 Å². The molecule has 0 spiro atoms. The summed E-state index contributed by atoms with van der Waals surface area (Å²) in [6.07, 6.45) is -1.12. The molecule has 0 saturated carbocycles. The Bertz CT molecular complexity index is 782. The lowest BCUT2D eigenvalue weighted by molar-refractivity contribution is -0.144. The first-order chi connectivity index (χ1) is 12.0. The summed E-state index contributed by atoms with van der Waals surface area (Å²) >= 11 is 0. The van der Waals surface area contributed by atoms with Gasteiger partial charge in [0.15, 0.2) is 4.98 Å². The second kappa shape index (κ2) is 8.50. The first kappa shape index (κ1) is 18.0. The Labute approximate surface area is 145 Å². The highest BCUT2D eigenvalue weighted by molar-refractivity contribution is 5.90. The number of rotatable bonds is 6. The van der Waals surface area contributed by atoms with Crippen molar-refractivity contribution in [3.8, 4) is 0 Å². The van der Waals surface area contributed by atoms with Crippen molar-refractivity contribution >= 4 is 5.97 Å². The van der Waals surface area contributed by atoms with Gasteiger partial charge < -0.3 is 14.6 Å². The van der Waals surface area contributed by atoms with Crippen LogP contribution in [0.4, 0.5) is 0 Å². The summed E-state index contributed by atoms with van der Waals surface area (Å²) in [7, 11) is 0. The monoisotopic (exact) mass is 339 g/mol. The zero-order valence-electron chi connectivity index (χ0n) is 14.0. The molecule has 0 heterocycles. The number of hydrogen-bond donors (Lipinski definition) is 1. The van der Waals surface area contributed by atoms with E-state index in [4.69, 9.17) is 14.9 Å². The molecule has 0 unspecified atom stereocenters. The first-order valence-corrected chi connectivity index (χ1v) is 7.78. The van der Waals surface area contributed by atoms with E-state index < -0.39 is 29.8 Å². The number of aliphatic hydroxyl groups is 1. The predicted octanol–water partition coefficient (Wildman–Crippen LogP) is 4.65. The van der Waals surface area contributed by atoms with Crippen LogP contribution in [0.1, 0.15) is 37.2 Å². The molecule has 0 amide bonds. The SMILES string of the molecule is C[C@H](OC(=O)/C([N+]#N)=C(\O)O[C@@H](C)c1ccccc1)c1ccccc1. The zero-order valence-corrected chi connectivity index (χ0v) is 14.0. The summed E-state index contributed by atoms with van der Waals surface area (Å²) in [5.41, 5.74) is 0.870. The molecule has 0 aliphatic heterocycles. The molecule has 6 nitrogen and oxygen atoms in total. The summed E-state index contributed by atoms with van der Waals surface area (Å²) < 4.78 is 10.5. The van der Waals surface area contributed by atoms with Crippen molar-refractivity contribution in [2.45, 2.75) is 26.1 Å². The van der Waals surface area contributed by atoms with E-state index in [1.165, 1.54) is 0 Å². The van der Waals surface area contributed by atoms with Gasteiger partial charge in [-0.1, -0.05) is 60.7 Å². The Hall–Kier alpha value is -3.33. The molecule has 2 aromatic rings. The van der Waals surface area contributed by atoms with Crippen LogP contribution in [0.3, 0.4) is 0 Å². The standard InChI is InChI=1S/C19H18N2O4/c1-13(15-9-5-3-6-10-15)24-18(22)17(21-20)19(23)25-14(2)16-11-7-4-8-12-16/h3-14H,1-2H3/p+1/t13-,14-/m0/s1. The third kappa shape index (κ3) is 4.82. The van der Waals surface area contributed by atoms with E-state index in [9.17, 15) is 9.90 Å². The van der Waals surface area contributed by atoms with Crippen molar-refractivity contribution in [3.05, 3.63) is 88.4 Å². The van der Waals surface area contributed by atoms with E-state index >= 15 is 0 Å². The number of diazo groups is 1. The van der Waals surface area contributed by atoms with E-state index in [1.807, 2.05) is 48.5 Å². The molecule has 2 atom stereocenters. The summed E-state index contributed by atoms with van der Waals surface area (Å²) in [5, 5.41) is 19.1. The largest absolute Gasteiger partial charge is 0.547 e. The minimum absolute atomic E-state index is 0.544. The fourth-order valence-corrected chi connectivity index (χ4v) is 2.19. The van der Waals surface area contributed by atoms with Gasteiger partial charge in [0.1, 0.15) is 12.2 Å². The van der Waals surface area contributed by atoms with Gasteiger partial charge in [0, 0.05) is 0 Å². The molecule has 2 rings (SSSR count). The Kier molecular flexibility index (Phi) is 6.13. The molecule has 0 radical (unpaired) electrons. The van der Waals surface area contributed by atoms with Gasteiger partial charge in [-0.05, 0) is 25.0 Å². The van der Waals surface area contributed by atoms with Crippen LogP contribution in [-0.2, 0) is 14.3 Å². The Balaban J connectivity index is 2.09. The summed E-state index contributed by atoms with van der Waals surface area (Å²) in [5.74, 6) is -1.79. The Morgan fingerprint density at radius 2 is 1.36 bits per heavy atom. The number of nitrogens with zero attached hydrogens (tertiary/aromatic N) is 2. The molecule has 0 saturated heterocycles. The van der Waals surface area contributed by atoms with E-state index in [1.54, 1.807) is 26.0 Å². The summed E-state index contributed by atoms with van der Waals surface area (Å²) in [6, 6.07) is 18.2. The number of ether oxygens (including phenoxy) is 2. The van der Waals surface area contributed by atoms with Gasteiger partial charge in [-0.25, -0.2) is 4.79 Å². The zero-order chi connectivity index (χ0) is 18.2. The molecule has 0 aliphatic carbocycles. The molecular weight excluding hydrogens is 320 g/mol. The molecule has 128 valence electrons. The Morgan fingerprint density at radius 3 is 1.80 bits per heavy atom. The van der Waals surface area contributed by atoms with Gasteiger partial charge in [0.05, 0.1) is 0 Å². The first-order valence-electron chi connectivity index (χ1n) is 7.78. The van der Waals surface area contributed by atoms with E-state index in [0.29, 0.717) is 0 Å². The van der Waals surface area contributed by atoms with Gasteiger partial charge >= 0.3 is 17.6 Å². The van der Waals surface area contributed by atoms with Crippen molar-refractivity contribution in [2.75, 3.05) is 0 Å². The van der Waals surface area contributed by atoms with Crippen LogP contribution < -0.4 is 0 Å². The van der Waals surface area contributed by atoms with Crippen molar-refractivity contribution in [1.29, 1.82) is 5.39 Å². The van der Waals surface area contributed by atoms with Crippen LogP contribution in [0.2, 0.25) is 0 Å². The number of esters is 1. The molecule has 0 aliphatic rings. The van der Waals surface area contributed by atoms with Crippen LogP contribution in [0.5, 0.6) is 0 Å². The number of carbonyl (C=O) groups excluding carboxylic acids is 1. The smallest absolute Gasteiger partial charge is 0.475 e. The van der Waals surface area contributed by atoms with Gasteiger partial charge in [0.25, 0.3) is 0 Å². The van der Waals surface area contributed by atoms with E-state index in [0.717, 1.165) is 11.1 Å². The molecule has 1 N–H and O–H groups in total. The fraction of sp³-hybridized carbons (Fsp3) is 0.211. The van der Waals surface area contributed by atoms with Gasteiger partial charge in [-0.15, -0.1) is 0 Å². The van der Waals surface area contributed by atoms with E-state index in [-0.39, 0.29) is 0 Å². The topological polar surface area (TPSA) is 83.9 Å². The minimum atomic E-state index is -0.989. The third-order valence-electron chi connectivity index (χ3n) is 3.61. The normalized spacial score (nSPS) is 13.8. The molecule has 0 aromatic heterocycles. The quantitative estimate of drug-likeness (QED) is 0.358. The maximum atomic E-state index is 12.1. The second-order valence-electron chi connectivity index (χ2n) is 5.38. The average molecular weight is 339 g/mol. The van der Waals surface area contributed by atoms with Crippen molar-refractivity contribution in [2.24, 2.45) is 0 Å². The lowest BCUT2D eigenvalue weighted by atomic mass is 10.1. The van der Waals surface area contributed by atoms with Crippen molar-refractivity contribution in [3.63, 3.8) is 0 Å². The molecule has 6 heteroatoms. The number of hydrogen-bond acceptors (Lipinski definition) is 5. The van der Waals surface area contributed by atoms with Crippen molar-refractivity contribution < 1.29 is 19.4 Å². The molecular formula is C19H19N2O4+. The van der Waals surface area contributed by atoms with Gasteiger partial charge in [-0.3, -0.25) is 0 Å². The van der Waals surface area contributed by atoms with Crippen LogP contribution in [-0.4, -0.2) is 11.1 Å². The fourth-order valence-electron chi connectivity index (χ4n) is 2.19. The maximum Gasteiger partial charge on any atom is 0.547 e. The molecule has 2 aromatic carbocycles. The summed E-state index contributed by atoms with van der Waals surface area (Å²) in [4.78, 5) is 15.0. The summed E-state index contributed by atoms with van der Waals surface area (Å²) in [6.45, 7) is 3.37. The van der Waals surface area contributed by atoms with Gasteiger partial charge in [0.2, 0.25) is 5.39 Å². The van der Waals surface area contributed by atoms with Crippen LogP contribution in [0.15, 0.2) is 72.3 Å². The lowest BCUT2D eigenvalue weighted by Crippen LogP contribution is -2.13. The van der Waals surface area contributed by atoms with Crippen LogP contribution >= 0.6 is 0 Å². The van der Waals surface area contributed by atoms with E-state index in [2.05, 4.69) is 4.98 Å². The number of benzene rings is 2. The molecule has 0 fully saturated rings. The molecule has 25 heavy (non-hydrogen) atoms. The number of aliphatic hydroxyl groups excluding tert-OH is 1. The maximum absolute atomic E-state index is 12.1. The highest BCUT2D eigenvalue weighted by atomic mass is 16.6. The second-order valence-corrected chi connectivity index (χ2v) is 5.38. The third-order valence-corrected chi connectivity index (χ3v) is 3.61. The highest BCUT2D eigenvalue weighted by Gasteiger charge is 2.35. The highest BCUT2D eigenvalue weighted by Crippen LogP contribution is 2.23. The number of carbonyl (C=O) groups is 1. The van der Waals surface area contributed by atoms with Gasteiger partial charge in [-0.2, -0.15) is 0 Å². The lowest BCUT2D eigenvalue weighted by Gasteiger charge is -2.13.